The van der Waals surface area contributed by atoms with E-state index < -0.39 is 0 Å². The molecule has 0 aliphatic carbocycles. The average molecular weight is 197 g/mol. The van der Waals surface area contributed by atoms with Crippen molar-refractivity contribution in [1.82, 2.24) is 9.97 Å². The maximum Gasteiger partial charge on any atom is 0.0899 e. The Morgan fingerprint density at radius 1 is 1.13 bits per heavy atom. The van der Waals surface area contributed by atoms with Crippen molar-refractivity contribution in [1.29, 1.82) is 0 Å². The molecule has 1 heterocycles. The van der Waals surface area contributed by atoms with Gasteiger partial charge in [-0.05, 0) is 18.2 Å². The van der Waals surface area contributed by atoms with Gasteiger partial charge in [-0.25, -0.2) is 0 Å². The zero-order chi connectivity index (χ0) is 10.5. The van der Waals surface area contributed by atoms with Crippen molar-refractivity contribution in [2.75, 3.05) is 6.54 Å². The standard InChI is InChI=1S/C12H11N3/c13-6-2-1-3-10-4-5-11-12(9-10)15-8-7-14-11/h4-5,7-9H,2,6,13H2. The molecule has 0 atom stereocenters. The van der Waals surface area contributed by atoms with Crippen LogP contribution in [0.5, 0.6) is 0 Å². The summed E-state index contributed by atoms with van der Waals surface area (Å²) in [5.74, 6) is 6.03. The van der Waals surface area contributed by atoms with Gasteiger partial charge in [-0.15, -0.1) is 0 Å². The number of nitrogens with zero attached hydrogens (tertiary/aromatic N) is 2. The highest BCUT2D eigenvalue weighted by atomic mass is 14.8. The molecule has 0 radical (unpaired) electrons. The predicted octanol–water partition coefficient (Wildman–Crippen LogP) is 1.33. The van der Waals surface area contributed by atoms with Crippen molar-refractivity contribution in [3.8, 4) is 11.8 Å². The lowest BCUT2D eigenvalue weighted by Gasteiger charge is -1.95. The van der Waals surface area contributed by atoms with Gasteiger partial charge in [0.2, 0.25) is 0 Å². The Kier molecular flexibility index (Phi) is 2.91. The van der Waals surface area contributed by atoms with Gasteiger partial charge in [-0.3, -0.25) is 9.97 Å². The summed E-state index contributed by atoms with van der Waals surface area (Å²) in [5.41, 5.74) is 8.08. The van der Waals surface area contributed by atoms with E-state index in [1.807, 2.05) is 18.2 Å². The molecular weight excluding hydrogens is 186 g/mol. The molecule has 0 bridgehead atoms. The zero-order valence-corrected chi connectivity index (χ0v) is 8.27. The maximum atomic E-state index is 5.36. The van der Waals surface area contributed by atoms with Gasteiger partial charge in [-0.2, -0.15) is 0 Å². The van der Waals surface area contributed by atoms with Crippen LogP contribution in [-0.2, 0) is 0 Å². The maximum absolute atomic E-state index is 5.36. The quantitative estimate of drug-likeness (QED) is 0.702. The average Bonchev–Trinajstić information content (AvgIpc) is 2.29. The molecule has 0 aliphatic heterocycles. The Hall–Kier alpha value is -1.92. The molecule has 2 N–H and O–H groups in total. The Morgan fingerprint density at radius 3 is 2.73 bits per heavy atom. The van der Waals surface area contributed by atoms with Gasteiger partial charge in [-0.1, -0.05) is 11.8 Å². The fourth-order valence-electron chi connectivity index (χ4n) is 1.28. The molecule has 3 nitrogen and oxygen atoms in total. The van der Waals surface area contributed by atoms with Crippen molar-refractivity contribution in [2.24, 2.45) is 5.73 Å². The lowest BCUT2D eigenvalue weighted by molar-refractivity contribution is 1.03. The van der Waals surface area contributed by atoms with Gasteiger partial charge in [0.05, 0.1) is 11.0 Å². The first-order chi connectivity index (χ1) is 7.40. The van der Waals surface area contributed by atoms with Crippen LogP contribution in [0.4, 0.5) is 0 Å². The van der Waals surface area contributed by atoms with E-state index in [-0.39, 0.29) is 0 Å². The van der Waals surface area contributed by atoms with Crippen LogP contribution in [0.2, 0.25) is 0 Å². The minimum Gasteiger partial charge on any atom is -0.330 e. The third kappa shape index (κ3) is 2.30. The van der Waals surface area contributed by atoms with Crippen molar-refractivity contribution < 1.29 is 0 Å². The molecule has 0 saturated heterocycles. The van der Waals surface area contributed by atoms with Crippen molar-refractivity contribution in [3.63, 3.8) is 0 Å². The molecule has 74 valence electrons. The van der Waals surface area contributed by atoms with Gasteiger partial charge in [0.25, 0.3) is 0 Å². The first-order valence-electron chi connectivity index (χ1n) is 4.80. The molecule has 2 aromatic rings. The number of benzene rings is 1. The highest BCUT2D eigenvalue weighted by molar-refractivity contribution is 5.75. The van der Waals surface area contributed by atoms with Crippen LogP contribution in [0.3, 0.4) is 0 Å². The molecule has 0 saturated carbocycles. The highest BCUT2D eigenvalue weighted by Crippen LogP contribution is 2.09. The largest absolute Gasteiger partial charge is 0.330 e. The first kappa shape index (κ1) is 9.63. The number of rotatable bonds is 1. The van der Waals surface area contributed by atoms with Crippen LogP contribution in [0.1, 0.15) is 12.0 Å². The van der Waals surface area contributed by atoms with E-state index in [0.717, 1.165) is 23.0 Å². The highest BCUT2D eigenvalue weighted by Gasteiger charge is 1.94. The van der Waals surface area contributed by atoms with Crippen LogP contribution in [0.15, 0.2) is 30.6 Å². The normalized spacial score (nSPS) is 9.67. The molecule has 15 heavy (non-hydrogen) atoms. The van der Waals surface area contributed by atoms with E-state index in [9.17, 15) is 0 Å². The SMILES string of the molecule is NCCC#Cc1ccc2nccnc2c1. The Labute approximate surface area is 88.4 Å². The lowest BCUT2D eigenvalue weighted by Crippen LogP contribution is -1.95. The molecule has 1 aromatic carbocycles. The molecule has 0 spiro atoms. The predicted molar refractivity (Wildman–Crippen MR) is 60.1 cm³/mol. The Morgan fingerprint density at radius 2 is 1.93 bits per heavy atom. The molecule has 2 rings (SSSR count). The number of hydrogen-bond donors (Lipinski definition) is 1. The first-order valence-corrected chi connectivity index (χ1v) is 4.80. The molecule has 0 unspecified atom stereocenters. The topological polar surface area (TPSA) is 51.8 Å². The van der Waals surface area contributed by atoms with Gasteiger partial charge >= 0.3 is 0 Å². The summed E-state index contributed by atoms with van der Waals surface area (Å²) in [6.45, 7) is 0.598. The van der Waals surface area contributed by atoms with E-state index in [2.05, 4.69) is 21.8 Å². The number of aromatic nitrogens is 2. The van der Waals surface area contributed by atoms with Crippen LogP contribution in [0, 0.1) is 11.8 Å². The van der Waals surface area contributed by atoms with Gasteiger partial charge in [0, 0.05) is 30.9 Å². The number of hydrogen-bond acceptors (Lipinski definition) is 3. The summed E-state index contributed by atoms with van der Waals surface area (Å²) < 4.78 is 0. The Balaban J connectivity index is 2.36. The minimum atomic E-state index is 0.598. The molecule has 0 aliphatic rings. The number of nitrogens with two attached hydrogens (primary N) is 1. The summed E-state index contributed by atoms with van der Waals surface area (Å²) in [6.07, 6.45) is 4.08. The second kappa shape index (κ2) is 4.54. The van der Waals surface area contributed by atoms with Crippen molar-refractivity contribution in [3.05, 3.63) is 36.2 Å². The summed E-state index contributed by atoms with van der Waals surface area (Å²) in [4.78, 5) is 8.40. The van der Waals surface area contributed by atoms with Crippen LogP contribution in [-0.4, -0.2) is 16.5 Å². The van der Waals surface area contributed by atoms with Gasteiger partial charge in [0.15, 0.2) is 0 Å². The fourth-order valence-corrected chi connectivity index (χ4v) is 1.28. The molecular formula is C12H11N3. The molecule has 1 aromatic heterocycles. The van der Waals surface area contributed by atoms with E-state index in [0.29, 0.717) is 6.54 Å². The van der Waals surface area contributed by atoms with Crippen LogP contribution < -0.4 is 5.73 Å². The van der Waals surface area contributed by atoms with Crippen molar-refractivity contribution >= 4 is 11.0 Å². The van der Waals surface area contributed by atoms with Crippen LogP contribution in [0.25, 0.3) is 11.0 Å². The van der Waals surface area contributed by atoms with Crippen molar-refractivity contribution in [2.45, 2.75) is 6.42 Å². The third-order valence-corrected chi connectivity index (χ3v) is 1.97. The van der Waals surface area contributed by atoms with E-state index in [4.69, 9.17) is 5.73 Å². The summed E-state index contributed by atoms with van der Waals surface area (Å²) in [7, 11) is 0. The second-order valence-corrected chi connectivity index (χ2v) is 3.10. The third-order valence-electron chi connectivity index (χ3n) is 1.97. The second-order valence-electron chi connectivity index (χ2n) is 3.10. The van der Waals surface area contributed by atoms with Gasteiger partial charge < -0.3 is 5.73 Å². The van der Waals surface area contributed by atoms with Gasteiger partial charge in [0.1, 0.15) is 0 Å². The molecule has 0 amide bonds. The van der Waals surface area contributed by atoms with E-state index in [1.165, 1.54) is 0 Å². The molecule has 0 fully saturated rings. The van der Waals surface area contributed by atoms with E-state index in [1.54, 1.807) is 12.4 Å². The monoisotopic (exact) mass is 197 g/mol. The van der Waals surface area contributed by atoms with Crippen LogP contribution >= 0.6 is 0 Å². The zero-order valence-electron chi connectivity index (χ0n) is 8.27. The minimum absolute atomic E-state index is 0.598. The summed E-state index contributed by atoms with van der Waals surface area (Å²) >= 11 is 0. The van der Waals surface area contributed by atoms with E-state index >= 15 is 0 Å². The fraction of sp³-hybridized carbons (Fsp3) is 0.167. The number of fused-ring (bicyclic) bond motifs is 1. The smallest absolute Gasteiger partial charge is 0.0899 e. The summed E-state index contributed by atoms with van der Waals surface area (Å²) in [6, 6.07) is 5.81. The Bertz CT molecular complexity index is 523. The summed E-state index contributed by atoms with van der Waals surface area (Å²) in [5, 5.41) is 0. The lowest BCUT2D eigenvalue weighted by atomic mass is 10.2. The molecule has 3 heteroatoms.